The van der Waals surface area contributed by atoms with E-state index in [0.29, 0.717) is 12.6 Å². The minimum absolute atomic E-state index is 0.0892. The first kappa shape index (κ1) is 20.7. The summed E-state index contributed by atoms with van der Waals surface area (Å²) in [5.74, 6) is -0.856. The van der Waals surface area contributed by atoms with Crippen molar-refractivity contribution in [1.82, 2.24) is 10.6 Å². The topological polar surface area (TPSA) is 56.7 Å². The van der Waals surface area contributed by atoms with E-state index in [2.05, 4.69) is 15.6 Å². The Bertz CT molecular complexity index is 763. The van der Waals surface area contributed by atoms with Gasteiger partial charge in [-0.3, -0.25) is 4.99 Å². The fraction of sp³-hybridized carbons (Fsp3) is 0.316. The van der Waals surface area contributed by atoms with Gasteiger partial charge < -0.3 is 15.7 Å². The minimum atomic E-state index is -4.65. The molecule has 0 heterocycles. The van der Waals surface area contributed by atoms with Gasteiger partial charge in [0.15, 0.2) is 5.96 Å². The molecule has 0 aliphatic carbocycles. The predicted octanol–water partition coefficient (Wildman–Crippen LogP) is 3.29. The third kappa shape index (κ3) is 5.96. The third-order valence-corrected chi connectivity index (χ3v) is 4.05. The molecule has 2 aromatic carbocycles. The smallest absolute Gasteiger partial charge is 0.396 e. The van der Waals surface area contributed by atoms with E-state index in [1.807, 2.05) is 30.3 Å². The van der Waals surface area contributed by atoms with Crippen molar-refractivity contribution < 1.29 is 22.7 Å². The van der Waals surface area contributed by atoms with E-state index in [-0.39, 0.29) is 30.6 Å². The van der Waals surface area contributed by atoms with Crippen LogP contribution in [0.4, 0.5) is 17.6 Å². The number of alkyl halides is 3. The fourth-order valence-electron chi connectivity index (χ4n) is 2.60. The van der Waals surface area contributed by atoms with Gasteiger partial charge in [0.2, 0.25) is 0 Å². The molecule has 0 aliphatic heterocycles. The van der Waals surface area contributed by atoms with Crippen molar-refractivity contribution >= 4 is 5.96 Å². The van der Waals surface area contributed by atoms with Gasteiger partial charge in [0.25, 0.3) is 0 Å². The molecule has 0 saturated carbocycles. The number of aliphatic hydroxyl groups excluding tert-OH is 1. The van der Waals surface area contributed by atoms with E-state index in [1.54, 1.807) is 0 Å². The highest BCUT2D eigenvalue weighted by Gasteiger charge is 2.33. The Hall–Kier alpha value is -2.61. The van der Waals surface area contributed by atoms with E-state index < -0.39 is 17.6 Å². The summed E-state index contributed by atoms with van der Waals surface area (Å²) in [4.78, 5) is 3.97. The number of rotatable bonds is 6. The molecule has 0 amide bonds. The third-order valence-electron chi connectivity index (χ3n) is 4.05. The first-order chi connectivity index (χ1) is 12.8. The second kappa shape index (κ2) is 9.36. The monoisotopic (exact) mass is 383 g/mol. The molecule has 0 saturated heterocycles. The molecule has 0 aromatic heterocycles. The van der Waals surface area contributed by atoms with Crippen LogP contribution in [0.15, 0.2) is 53.5 Å². The molecule has 1 unspecified atom stereocenters. The van der Waals surface area contributed by atoms with Crippen LogP contribution in [-0.2, 0) is 12.7 Å². The van der Waals surface area contributed by atoms with Crippen LogP contribution in [-0.4, -0.2) is 31.3 Å². The summed E-state index contributed by atoms with van der Waals surface area (Å²) in [6.45, 7) is 0.0733. The van der Waals surface area contributed by atoms with Gasteiger partial charge in [0.1, 0.15) is 5.82 Å². The summed E-state index contributed by atoms with van der Waals surface area (Å²) in [6, 6.07) is 11.9. The molecule has 0 fully saturated rings. The van der Waals surface area contributed by atoms with Crippen LogP contribution in [0.25, 0.3) is 0 Å². The van der Waals surface area contributed by atoms with Crippen LogP contribution < -0.4 is 10.6 Å². The SMILES string of the molecule is CN=C(NCc1ccc(F)cc1C(F)(F)F)NCC(CO)c1ccccc1. The van der Waals surface area contributed by atoms with Crippen LogP contribution in [0.2, 0.25) is 0 Å². The molecule has 4 nitrogen and oxygen atoms in total. The second-order valence-electron chi connectivity index (χ2n) is 5.90. The Morgan fingerprint density at radius 1 is 1.11 bits per heavy atom. The molecule has 0 radical (unpaired) electrons. The molecular weight excluding hydrogens is 362 g/mol. The summed E-state index contributed by atoms with van der Waals surface area (Å²) >= 11 is 0. The van der Waals surface area contributed by atoms with E-state index in [0.717, 1.165) is 17.7 Å². The average Bonchev–Trinajstić information content (AvgIpc) is 2.65. The second-order valence-corrected chi connectivity index (χ2v) is 5.90. The lowest BCUT2D eigenvalue weighted by atomic mass is 10.0. The number of hydrogen-bond donors (Lipinski definition) is 3. The van der Waals surface area contributed by atoms with Gasteiger partial charge in [0, 0.05) is 26.1 Å². The number of guanidine groups is 1. The average molecular weight is 383 g/mol. The van der Waals surface area contributed by atoms with E-state index in [1.165, 1.54) is 7.05 Å². The Kier molecular flexibility index (Phi) is 7.18. The van der Waals surface area contributed by atoms with Gasteiger partial charge in [-0.15, -0.1) is 0 Å². The summed E-state index contributed by atoms with van der Waals surface area (Å²) < 4.78 is 52.3. The maximum Gasteiger partial charge on any atom is 0.416 e. The Morgan fingerprint density at radius 3 is 2.41 bits per heavy atom. The van der Waals surface area contributed by atoms with Gasteiger partial charge >= 0.3 is 6.18 Å². The van der Waals surface area contributed by atoms with Crippen molar-refractivity contribution in [3.63, 3.8) is 0 Å². The van der Waals surface area contributed by atoms with Crippen molar-refractivity contribution in [2.24, 2.45) is 4.99 Å². The molecule has 8 heteroatoms. The Balaban J connectivity index is 2.00. The number of hydrogen-bond acceptors (Lipinski definition) is 2. The molecule has 2 rings (SSSR count). The molecule has 146 valence electrons. The molecule has 27 heavy (non-hydrogen) atoms. The number of aliphatic hydroxyl groups is 1. The summed E-state index contributed by atoms with van der Waals surface area (Å²) in [7, 11) is 1.49. The highest BCUT2D eigenvalue weighted by atomic mass is 19.4. The lowest BCUT2D eigenvalue weighted by molar-refractivity contribution is -0.138. The van der Waals surface area contributed by atoms with Crippen molar-refractivity contribution in [1.29, 1.82) is 0 Å². The number of benzene rings is 2. The maximum absolute atomic E-state index is 13.2. The number of halogens is 4. The van der Waals surface area contributed by atoms with Gasteiger partial charge in [-0.25, -0.2) is 4.39 Å². The van der Waals surface area contributed by atoms with Crippen molar-refractivity contribution in [2.45, 2.75) is 18.6 Å². The van der Waals surface area contributed by atoms with Crippen LogP contribution in [0.1, 0.15) is 22.6 Å². The molecule has 3 N–H and O–H groups in total. The molecule has 0 bridgehead atoms. The van der Waals surface area contributed by atoms with Crippen LogP contribution >= 0.6 is 0 Å². The number of nitrogens with zero attached hydrogens (tertiary/aromatic N) is 1. The first-order valence-electron chi connectivity index (χ1n) is 8.31. The molecule has 0 spiro atoms. The summed E-state index contributed by atoms with van der Waals surface area (Å²) in [5, 5.41) is 15.3. The normalized spacial score (nSPS) is 13.3. The zero-order valence-electron chi connectivity index (χ0n) is 14.7. The molecule has 0 aliphatic rings. The summed E-state index contributed by atoms with van der Waals surface area (Å²) in [6.07, 6.45) is -4.65. The van der Waals surface area contributed by atoms with E-state index in [4.69, 9.17) is 0 Å². The minimum Gasteiger partial charge on any atom is -0.396 e. The molecule has 2 aromatic rings. The lowest BCUT2D eigenvalue weighted by Crippen LogP contribution is -2.39. The van der Waals surface area contributed by atoms with Crippen molar-refractivity contribution in [3.8, 4) is 0 Å². The largest absolute Gasteiger partial charge is 0.416 e. The molecular formula is C19H21F4N3O. The predicted molar refractivity (Wildman–Crippen MR) is 95.9 cm³/mol. The van der Waals surface area contributed by atoms with Gasteiger partial charge in [0.05, 0.1) is 12.2 Å². The fourth-order valence-corrected chi connectivity index (χ4v) is 2.60. The van der Waals surface area contributed by atoms with Crippen LogP contribution in [0.5, 0.6) is 0 Å². The zero-order chi connectivity index (χ0) is 19.9. The standard InChI is InChI=1S/C19H21F4N3O/c1-24-18(26-11-15(12-27)13-5-3-2-4-6-13)25-10-14-7-8-16(20)9-17(14)19(21,22)23/h2-9,15,27H,10-12H2,1H3,(H2,24,25,26). The Labute approximate surface area is 154 Å². The van der Waals surface area contributed by atoms with Crippen LogP contribution in [0.3, 0.4) is 0 Å². The van der Waals surface area contributed by atoms with Gasteiger partial charge in [-0.2, -0.15) is 13.2 Å². The lowest BCUT2D eigenvalue weighted by Gasteiger charge is -2.19. The van der Waals surface area contributed by atoms with E-state index in [9.17, 15) is 22.7 Å². The van der Waals surface area contributed by atoms with Crippen molar-refractivity contribution in [2.75, 3.05) is 20.2 Å². The maximum atomic E-state index is 13.2. The van der Waals surface area contributed by atoms with E-state index >= 15 is 0 Å². The van der Waals surface area contributed by atoms with Crippen LogP contribution in [0, 0.1) is 5.82 Å². The quantitative estimate of drug-likeness (QED) is 0.408. The van der Waals surface area contributed by atoms with Gasteiger partial charge in [-0.1, -0.05) is 36.4 Å². The highest BCUT2D eigenvalue weighted by Crippen LogP contribution is 2.32. The number of nitrogens with one attached hydrogen (secondary N) is 2. The van der Waals surface area contributed by atoms with Gasteiger partial charge in [-0.05, 0) is 23.3 Å². The van der Waals surface area contributed by atoms with Crippen molar-refractivity contribution in [3.05, 3.63) is 71.0 Å². The Morgan fingerprint density at radius 2 is 1.81 bits per heavy atom. The molecule has 1 atom stereocenters. The zero-order valence-corrected chi connectivity index (χ0v) is 14.7. The summed E-state index contributed by atoms with van der Waals surface area (Å²) in [5.41, 5.74) is -0.183. The number of aliphatic imine (C=N–C) groups is 1. The highest BCUT2D eigenvalue weighted by molar-refractivity contribution is 5.79. The first-order valence-corrected chi connectivity index (χ1v) is 8.31.